The van der Waals surface area contributed by atoms with E-state index in [0.717, 1.165) is 30.7 Å². The summed E-state index contributed by atoms with van der Waals surface area (Å²) < 4.78 is 13.4. The van der Waals surface area contributed by atoms with E-state index < -0.39 is 0 Å². The van der Waals surface area contributed by atoms with Crippen molar-refractivity contribution in [3.63, 3.8) is 0 Å². The molecule has 1 aromatic rings. The SMILES string of the molecule is CCC(C)(CO)CNC1CCSc2ccc(F)cc21. The number of fused-ring (bicyclic) bond motifs is 1. The van der Waals surface area contributed by atoms with Gasteiger partial charge in [-0.25, -0.2) is 4.39 Å². The highest BCUT2D eigenvalue weighted by molar-refractivity contribution is 7.99. The van der Waals surface area contributed by atoms with Gasteiger partial charge in [0.2, 0.25) is 0 Å². The Morgan fingerprint density at radius 1 is 1.53 bits per heavy atom. The lowest BCUT2D eigenvalue weighted by Gasteiger charge is -2.32. The molecule has 2 atom stereocenters. The third-order valence-corrected chi connectivity index (χ3v) is 5.14. The van der Waals surface area contributed by atoms with E-state index in [0.29, 0.717) is 0 Å². The van der Waals surface area contributed by atoms with Gasteiger partial charge in [-0.3, -0.25) is 0 Å². The number of hydrogen-bond donors (Lipinski definition) is 2. The van der Waals surface area contributed by atoms with E-state index >= 15 is 0 Å². The molecular weight excluding hydrogens is 261 g/mol. The first kappa shape index (κ1) is 14.8. The minimum absolute atomic E-state index is 0.0991. The zero-order valence-corrected chi connectivity index (χ0v) is 12.4. The lowest BCUT2D eigenvalue weighted by molar-refractivity contribution is 0.131. The van der Waals surface area contributed by atoms with Gasteiger partial charge in [-0.05, 0) is 42.4 Å². The minimum atomic E-state index is -0.173. The number of aliphatic hydroxyl groups excluding tert-OH is 1. The van der Waals surface area contributed by atoms with Crippen LogP contribution >= 0.6 is 11.8 Å². The van der Waals surface area contributed by atoms with Gasteiger partial charge in [0.05, 0.1) is 0 Å². The maximum atomic E-state index is 13.4. The third kappa shape index (κ3) is 3.50. The molecule has 0 saturated carbocycles. The smallest absolute Gasteiger partial charge is 0.123 e. The highest BCUT2D eigenvalue weighted by atomic mass is 32.2. The van der Waals surface area contributed by atoms with Gasteiger partial charge in [0.1, 0.15) is 5.82 Å². The Morgan fingerprint density at radius 3 is 3.00 bits per heavy atom. The van der Waals surface area contributed by atoms with E-state index in [1.807, 2.05) is 6.07 Å². The van der Waals surface area contributed by atoms with E-state index in [9.17, 15) is 9.50 Å². The molecule has 0 bridgehead atoms. The largest absolute Gasteiger partial charge is 0.396 e. The summed E-state index contributed by atoms with van der Waals surface area (Å²) in [5, 5.41) is 13.0. The second kappa shape index (κ2) is 6.25. The molecule has 0 saturated heterocycles. The Balaban J connectivity index is 2.09. The Bertz CT molecular complexity index is 434. The van der Waals surface area contributed by atoms with Crippen LogP contribution in [-0.4, -0.2) is 24.0 Å². The maximum Gasteiger partial charge on any atom is 0.123 e. The Hall–Kier alpha value is -0.580. The summed E-state index contributed by atoms with van der Waals surface area (Å²) in [5.41, 5.74) is 0.964. The fourth-order valence-electron chi connectivity index (χ4n) is 2.24. The molecule has 4 heteroatoms. The van der Waals surface area contributed by atoms with E-state index in [4.69, 9.17) is 0 Å². The molecule has 0 spiro atoms. The highest BCUT2D eigenvalue weighted by Gasteiger charge is 2.25. The quantitative estimate of drug-likeness (QED) is 0.869. The van der Waals surface area contributed by atoms with E-state index in [1.165, 1.54) is 11.0 Å². The van der Waals surface area contributed by atoms with Crippen molar-refractivity contribution in [1.82, 2.24) is 5.32 Å². The Labute approximate surface area is 118 Å². The molecule has 2 nitrogen and oxygen atoms in total. The number of halogens is 1. The topological polar surface area (TPSA) is 32.3 Å². The second-order valence-corrected chi connectivity index (χ2v) is 6.71. The first-order valence-corrected chi connectivity index (χ1v) is 7.83. The van der Waals surface area contributed by atoms with Gasteiger partial charge in [0.15, 0.2) is 0 Å². The molecule has 2 rings (SSSR count). The summed E-state index contributed by atoms with van der Waals surface area (Å²) >= 11 is 1.79. The van der Waals surface area contributed by atoms with E-state index in [2.05, 4.69) is 19.2 Å². The standard InChI is InChI=1S/C15H22FNOS/c1-3-15(2,10-18)9-17-13-6-7-19-14-5-4-11(16)8-12(13)14/h4-5,8,13,17-18H,3,6-7,9-10H2,1-2H3. The van der Waals surface area contributed by atoms with Crippen LogP contribution in [0.3, 0.4) is 0 Å². The molecule has 0 aliphatic carbocycles. The summed E-state index contributed by atoms with van der Waals surface area (Å²) in [4.78, 5) is 1.17. The molecule has 0 aromatic heterocycles. The van der Waals surface area contributed by atoms with Gasteiger partial charge in [0, 0.05) is 29.5 Å². The average Bonchev–Trinajstić information content (AvgIpc) is 2.44. The van der Waals surface area contributed by atoms with Gasteiger partial charge in [0.25, 0.3) is 0 Å². The van der Waals surface area contributed by atoms with Gasteiger partial charge in [-0.15, -0.1) is 11.8 Å². The van der Waals surface area contributed by atoms with Crippen molar-refractivity contribution in [2.24, 2.45) is 5.41 Å². The summed E-state index contributed by atoms with van der Waals surface area (Å²) in [6, 6.07) is 5.23. The van der Waals surface area contributed by atoms with Crippen LogP contribution in [0.1, 0.15) is 38.3 Å². The third-order valence-electron chi connectivity index (χ3n) is 4.02. The monoisotopic (exact) mass is 283 g/mol. The second-order valence-electron chi connectivity index (χ2n) is 5.58. The highest BCUT2D eigenvalue weighted by Crippen LogP contribution is 2.37. The fraction of sp³-hybridized carbons (Fsp3) is 0.600. The Kier molecular flexibility index (Phi) is 4.87. The van der Waals surface area contributed by atoms with Crippen molar-refractivity contribution in [2.45, 2.75) is 37.6 Å². The predicted octanol–water partition coefficient (Wildman–Crippen LogP) is 3.36. The molecular formula is C15H22FNOS. The van der Waals surface area contributed by atoms with Crippen molar-refractivity contribution in [1.29, 1.82) is 0 Å². The lowest BCUT2D eigenvalue weighted by Crippen LogP contribution is -2.37. The first-order chi connectivity index (χ1) is 9.08. The number of aliphatic hydroxyl groups is 1. The first-order valence-electron chi connectivity index (χ1n) is 6.84. The molecule has 0 radical (unpaired) electrons. The van der Waals surface area contributed by atoms with Gasteiger partial charge >= 0.3 is 0 Å². The number of hydrogen-bond acceptors (Lipinski definition) is 3. The molecule has 0 fully saturated rings. The van der Waals surface area contributed by atoms with Crippen LogP contribution in [0.15, 0.2) is 23.1 Å². The Morgan fingerprint density at radius 2 is 2.32 bits per heavy atom. The molecule has 1 heterocycles. The number of nitrogens with one attached hydrogen (secondary N) is 1. The number of rotatable bonds is 5. The van der Waals surface area contributed by atoms with E-state index in [1.54, 1.807) is 17.8 Å². The predicted molar refractivity (Wildman–Crippen MR) is 78.0 cm³/mol. The zero-order valence-electron chi connectivity index (χ0n) is 11.6. The van der Waals surface area contributed by atoms with Crippen LogP contribution < -0.4 is 5.32 Å². The van der Waals surface area contributed by atoms with Crippen molar-refractivity contribution < 1.29 is 9.50 Å². The van der Waals surface area contributed by atoms with Crippen LogP contribution in [0, 0.1) is 11.2 Å². The van der Waals surface area contributed by atoms with E-state index in [-0.39, 0.29) is 23.9 Å². The molecule has 106 valence electrons. The summed E-state index contributed by atoms with van der Waals surface area (Å²) in [6.45, 7) is 5.09. The van der Waals surface area contributed by atoms with Gasteiger partial charge in [-0.1, -0.05) is 13.8 Å². The molecule has 19 heavy (non-hydrogen) atoms. The average molecular weight is 283 g/mol. The van der Waals surface area contributed by atoms with Gasteiger partial charge in [-0.2, -0.15) is 0 Å². The molecule has 2 N–H and O–H groups in total. The molecule has 1 aromatic carbocycles. The maximum absolute atomic E-state index is 13.4. The van der Waals surface area contributed by atoms with Crippen LogP contribution in [0.5, 0.6) is 0 Å². The van der Waals surface area contributed by atoms with Crippen molar-refractivity contribution >= 4 is 11.8 Å². The number of thioether (sulfide) groups is 1. The van der Waals surface area contributed by atoms with Crippen LogP contribution in [0.4, 0.5) is 4.39 Å². The van der Waals surface area contributed by atoms with Crippen LogP contribution in [0.2, 0.25) is 0 Å². The number of benzene rings is 1. The zero-order chi connectivity index (χ0) is 13.9. The molecule has 1 aliphatic heterocycles. The van der Waals surface area contributed by atoms with Crippen molar-refractivity contribution in [3.8, 4) is 0 Å². The summed E-state index contributed by atoms with van der Waals surface area (Å²) in [6.07, 6.45) is 1.93. The summed E-state index contributed by atoms with van der Waals surface area (Å²) in [5.74, 6) is 0.881. The van der Waals surface area contributed by atoms with Crippen LogP contribution in [0.25, 0.3) is 0 Å². The minimum Gasteiger partial charge on any atom is -0.396 e. The fourth-order valence-corrected chi connectivity index (χ4v) is 3.35. The summed E-state index contributed by atoms with van der Waals surface area (Å²) in [7, 11) is 0. The molecule has 0 amide bonds. The molecule has 2 unspecified atom stereocenters. The molecule has 1 aliphatic rings. The normalized spacial score (nSPS) is 21.8. The van der Waals surface area contributed by atoms with Crippen molar-refractivity contribution in [3.05, 3.63) is 29.6 Å². The lowest BCUT2D eigenvalue weighted by atomic mass is 9.88. The van der Waals surface area contributed by atoms with Crippen molar-refractivity contribution in [2.75, 3.05) is 18.9 Å². The van der Waals surface area contributed by atoms with Crippen LogP contribution in [-0.2, 0) is 0 Å². The van der Waals surface area contributed by atoms with Gasteiger partial charge < -0.3 is 10.4 Å².